The fourth-order valence-corrected chi connectivity index (χ4v) is 2.75. The molecule has 96 valence electrons. The second kappa shape index (κ2) is 4.24. The number of carbonyl (C=O) groups excluding carboxylic acids is 1. The van der Waals surface area contributed by atoms with E-state index in [-0.39, 0.29) is 11.7 Å². The Bertz CT molecular complexity index is 711. The Morgan fingerprint density at radius 2 is 1.83 bits per heavy atom. The van der Waals surface area contributed by atoms with E-state index in [0.29, 0.717) is 16.5 Å². The quantitative estimate of drug-likeness (QED) is 0.800. The summed E-state index contributed by atoms with van der Waals surface area (Å²) in [6, 6.07) is 7.03. The van der Waals surface area contributed by atoms with Crippen LogP contribution in [0.25, 0.3) is 10.9 Å². The molecule has 0 fully saturated rings. The molecule has 2 rings (SSSR count). The molecule has 1 aromatic heterocycles. The summed E-state index contributed by atoms with van der Waals surface area (Å²) in [5.41, 5.74) is 1.01. The van der Waals surface area contributed by atoms with Gasteiger partial charge in [-0.1, -0.05) is 32.0 Å². The summed E-state index contributed by atoms with van der Waals surface area (Å²) in [5.74, 6) is -0.211. The highest BCUT2D eigenvalue weighted by atomic mass is 32.2. The molecule has 2 aromatic rings. The van der Waals surface area contributed by atoms with Crippen molar-refractivity contribution in [1.82, 2.24) is 3.97 Å². The lowest BCUT2D eigenvalue weighted by molar-refractivity contribution is 0.0941. The van der Waals surface area contributed by atoms with E-state index in [1.54, 1.807) is 38.1 Å². The van der Waals surface area contributed by atoms with E-state index in [9.17, 15) is 13.2 Å². The predicted molar refractivity (Wildman–Crippen MR) is 71.3 cm³/mol. The summed E-state index contributed by atoms with van der Waals surface area (Å²) in [5, 5.41) is 0.682. The van der Waals surface area contributed by atoms with Crippen molar-refractivity contribution in [3.05, 3.63) is 36.0 Å². The van der Waals surface area contributed by atoms with Crippen LogP contribution in [0.2, 0.25) is 0 Å². The summed E-state index contributed by atoms with van der Waals surface area (Å²) in [7, 11) is -3.40. The lowest BCUT2D eigenvalue weighted by Gasteiger charge is -2.01. The molecule has 0 aliphatic heterocycles. The first-order valence-corrected chi connectivity index (χ1v) is 7.52. The van der Waals surface area contributed by atoms with Crippen LogP contribution in [0.5, 0.6) is 0 Å². The number of hydrogen-bond acceptors (Lipinski definition) is 3. The number of carbonyl (C=O) groups is 1. The molecule has 0 saturated carbocycles. The normalized spacial score (nSPS) is 12.2. The van der Waals surface area contributed by atoms with Gasteiger partial charge in [0, 0.05) is 23.1 Å². The van der Waals surface area contributed by atoms with E-state index in [1.807, 2.05) is 0 Å². The summed E-state index contributed by atoms with van der Waals surface area (Å²) in [4.78, 5) is 12.1. The predicted octanol–water partition coefficient (Wildman–Crippen LogP) is 2.29. The van der Waals surface area contributed by atoms with Gasteiger partial charge < -0.3 is 0 Å². The van der Waals surface area contributed by atoms with Crippen LogP contribution >= 0.6 is 0 Å². The molecule has 0 saturated heterocycles. The third kappa shape index (κ3) is 2.06. The van der Waals surface area contributed by atoms with E-state index in [0.717, 1.165) is 10.2 Å². The fraction of sp³-hybridized carbons (Fsp3) is 0.308. The molecule has 0 unspecified atom stereocenters. The van der Waals surface area contributed by atoms with E-state index in [1.165, 1.54) is 6.20 Å². The number of hydrogen-bond donors (Lipinski definition) is 0. The molecule has 0 bridgehead atoms. The number of nitrogens with zero attached hydrogens (tertiary/aromatic N) is 1. The molecule has 18 heavy (non-hydrogen) atoms. The van der Waals surface area contributed by atoms with Crippen LogP contribution in [-0.4, -0.2) is 24.4 Å². The van der Waals surface area contributed by atoms with Gasteiger partial charge in [0.15, 0.2) is 5.78 Å². The second-order valence-corrected chi connectivity index (χ2v) is 6.50. The molecule has 4 nitrogen and oxygen atoms in total. The first-order valence-electron chi connectivity index (χ1n) is 5.67. The van der Waals surface area contributed by atoms with Gasteiger partial charge in [-0.15, -0.1) is 0 Å². The fourth-order valence-electron chi connectivity index (χ4n) is 1.93. The highest BCUT2D eigenvalue weighted by Gasteiger charge is 2.20. The maximum absolute atomic E-state index is 12.1. The first kappa shape index (κ1) is 12.8. The molecular formula is C13H15NO3S. The van der Waals surface area contributed by atoms with Crippen molar-refractivity contribution < 1.29 is 13.2 Å². The van der Waals surface area contributed by atoms with E-state index in [4.69, 9.17) is 0 Å². The molecule has 0 radical (unpaired) electrons. The van der Waals surface area contributed by atoms with Crippen LogP contribution in [0.1, 0.15) is 24.2 Å². The smallest absolute Gasteiger partial charge is 0.236 e. The van der Waals surface area contributed by atoms with Gasteiger partial charge in [0.2, 0.25) is 10.0 Å². The number of rotatable bonds is 3. The van der Waals surface area contributed by atoms with Crippen LogP contribution in [-0.2, 0) is 10.0 Å². The Hall–Kier alpha value is -1.62. The van der Waals surface area contributed by atoms with Gasteiger partial charge in [-0.3, -0.25) is 4.79 Å². The SMILES string of the molecule is CC(C)C(=O)c1cn(S(C)(=O)=O)c2ccccc12. The molecule has 1 aromatic carbocycles. The summed E-state index contributed by atoms with van der Waals surface area (Å²) < 4.78 is 24.6. The molecule has 0 N–H and O–H groups in total. The largest absolute Gasteiger partial charge is 0.294 e. The summed E-state index contributed by atoms with van der Waals surface area (Å²) in [6.07, 6.45) is 2.55. The Morgan fingerprint density at radius 3 is 2.39 bits per heavy atom. The first-order chi connectivity index (χ1) is 8.32. The van der Waals surface area contributed by atoms with E-state index >= 15 is 0 Å². The zero-order valence-corrected chi connectivity index (χ0v) is 11.4. The number of aromatic nitrogens is 1. The van der Waals surface area contributed by atoms with Gasteiger partial charge >= 0.3 is 0 Å². The maximum Gasteiger partial charge on any atom is 0.236 e. The Balaban J connectivity index is 2.82. The number of para-hydroxylation sites is 1. The minimum Gasteiger partial charge on any atom is -0.294 e. The Labute approximate surface area is 106 Å². The van der Waals surface area contributed by atoms with Crippen LogP contribution in [0, 0.1) is 5.92 Å². The molecule has 5 heteroatoms. The van der Waals surface area contributed by atoms with Gasteiger partial charge in [-0.05, 0) is 6.07 Å². The van der Waals surface area contributed by atoms with Gasteiger partial charge in [0.1, 0.15) is 0 Å². The van der Waals surface area contributed by atoms with Crippen LogP contribution in [0.4, 0.5) is 0 Å². The van der Waals surface area contributed by atoms with Crippen molar-refractivity contribution >= 4 is 26.7 Å². The lowest BCUT2D eigenvalue weighted by atomic mass is 10.0. The van der Waals surface area contributed by atoms with E-state index in [2.05, 4.69) is 0 Å². The topological polar surface area (TPSA) is 56.1 Å². The molecule has 0 aliphatic carbocycles. The average Bonchev–Trinajstić information content (AvgIpc) is 2.66. The third-order valence-corrected chi connectivity index (χ3v) is 3.84. The standard InChI is InChI=1S/C13H15NO3S/c1-9(2)13(15)11-8-14(18(3,16)17)12-7-5-4-6-10(11)12/h4-9H,1-3H3. The molecule has 0 aliphatic rings. The average molecular weight is 265 g/mol. The van der Waals surface area contributed by atoms with Crippen molar-refractivity contribution in [2.24, 2.45) is 5.92 Å². The summed E-state index contributed by atoms with van der Waals surface area (Å²) >= 11 is 0. The molecule has 0 atom stereocenters. The maximum atomic E-state index is 12.1. The van der Waals surface area contributed by atoms with Gasteiger partial charge in [0.05, 0.1) is 11.8 Å². The van der Waals surface area contributed by atoms with Crippen molar-refractivity contribution in [3.8, 4) is 0 Å². The van der Waals surface area contributed by atoms with Crippen molar-refractivity contribution in [2.45, 2.75) is 13.8 Å². The minimum absolute atomic E-state index is 0.0476. The molecule has 0 spiro atoms. The highest BCUT2D eigenvalue weighted by Crippen LogP contribution is 2.24. The zero-order chi connectivity index (χ0) is 13.5. The van der Waals surface area contributed by atoms with Gasteiger partial charge in [-0.2, -0.15) is 0 Å². The number of Topliss-reactive ketones (excluding diaryl/α,β-unsaturated/α-hetero) is 1. The van der Waals surface area contributed by atoms with Gasteiger partial charge in [0.25, 0.3) is 0 Å². The van der Waals surface area contributed by atoms with Crippen LogP contribution in [0.3, 0.4) is 0 Å². The van der Waals surface area contributed by atoms with Crippen molar-refractivity contribution in [2.75, 3.05) is 6.26 Å². The summed E-state index contributed by atoms with van der Waals surface area (Å²) in [6.45, 7) is 3.60. The Kier molecular flexibility index (Phi) is 3.02. The lowest BCUT2D eigenvalue weighted by Crippen LogP contribution is -2.09. The molecule has 0 amide bonds. The van der Waals surface area contributed by atoms with Crippen LogP contribution in [0.15, 0.2) is 30.5 Å². The second-order valence-electron chi connectivity index (χ2n) is 4.64. The number of fused-ring (bicyclic) bond motifs is 1. The minimum atomic E-state index is -3.40. The molecule has 1 heterocycles. The van der Waals surface area contributed by atoms with Crippen molar-refractivity contribution in [1.29, 1.82) is 0 Å². The monoisotopic (exact) mass is 265 g/mol. The van der Waals surface area contributed by atoms with Crippen LogP contribution < -0.4 is 0 Å². The number of ketones is 1. The highest BCUT2D eigenvalue weighted by molar-refractivity contribution is 7.89. The van der Waals surface area contributed by atoms with E-state index < -0.39 is 10.0 Å². The molecular weight excluding hydrogens is 250 g/mol. The third-order valence-electron chi connectivity index (χ3n) is 2.83. The Morgan fingerprint density at radius 1 is 1.22 bits per heavy atom. The van der Waals surface area contributed by atoms with Crippen molar-refractivity contribution in [3.63, 3.8) is 0 Å². The zero-order valence-electron chi connectivity index (χ0n) is 10.5. The van der Waals surface area contributed by atoms with Gasteiger partial charge in [-0.25, -0.2) is 12.4 Å². The number of benzene rings is 1.